The minimum absolute atomic E-state index is 0.0450. The predicted molar refractivity (Wildman–Crippen MR) is 106 cm³/mol. The summed E-state index contributed by atoms with van der Waals surface area (Å²) in [5.74, 6) is -0.934. The summed E-state index contributed by atoms with van der Waals surface area (Å²) >= 11 is 0. The first-order chi connectivity index (χ1) is 14.7. The number of Topliss-reactive ketones (excluding diaryl/α,β-unsaturated/α-hetero) is 1. The van der Waals surface area contributed by atoms with Crippen LogP contribution in [-0.2, 0) is 0 Å². The maximum Gasteiger partial charge on any atom is 0.419 e. The maximum absolute atomic E-state index is 11.7. The van der Waals surface area contributed by atoms with Crippen LogP contribution in [0.2, 0.25) is 0 Å². The van der Waals surface area contributed by atoms with Crippen molar-refractivity contribution < 1.29 is 38.9 Å². The molecule has 11 nitrogen and oxygen atoms in total. The average molecular weight is 431 g/mol. The highest BCUT2D eigenvalue weighted by atomic mass is 16.6. The Kier molecular flexibility index (Phi) is 6.07. The third-order valence-corrected chi connectivity index (χ3v) is 4.24. The molecule has 0 aliphatic rings. The second-order valence-electron chi connectivity index (χ2n) is 6.51. The summed E-state index contributed by atoms with van der Waals surface area (Å²) in [6.07, 6.45) is -1.08. The van der Waals surface area contributed by atoms with Gasteiger partial charge in [-0.3, -0.25) is 14.9 Å². The zero-order chi connectivity index (χ0) is 22.7. The fourth-order valence-electron chi connectivity index (χ4n) is 2.74. The molecular weight excluding hydrogens is 414 g/mol. The van der Waals surface area contributed by atoms with Crippen molar-refractivity contribution in [3.8, 4) is 23.0 Å². The number of nitro groups is 1. The minimum Gasteiger partial charge on any atom is -0.507 e. The number of fused-ring (bicyclic) bond motifs is 1. The van der Waals surface area contributed by atoms with Crippen LogP contribution in [0.5, 0.6) is 23.0 Å². The Morgan fingerprint density at radius 2 is 1.74 bits per heavy atom. The fraction of sp³-hybridized carbons (Fsp3) is 0.200. The quantitative estimate of drug-likeness (QED) is 0.208. The average Bonchev–Trinajstić information content (AvgIpc) is 2.70. The molecule has 0 fully saturated rings. The van der Waals surface area contributed by atoms with E-state index in [1.807, 2.05) is 0 Å². The van der Waals surface area contributed by atoms with Gasteiger partial charge in [0.1, 0.15) is 42.1 Å². The fourth-order valence-corrected chi connectivity index (χ4v) is 2.74. The van der Waals surface area contributed by atoms with Gasteiger partial charge in [-0.25, -0.2) is 4.79 Å². The van der Waals surface area contributed by atoms with E-state index in [0.717, 1.165) is 0 Å². The lowest BCUT2D eigenvalue weighted by atomic mass is 10.1. The zero-order valence-corrected chi connectivity index (χ0v) is 16.1. The van der Waals surface area contributed by atoms with E-state index in [1.54, 1.807) is 0 Å². The lowest BCUT2D eigenvalue weighted by Gasteiger charge is -2.14. The molecule has 0 saturated heterocycles. The zero-order valence-electron chi connectivity index (χ0n) is 16.1. The van der Waals surface area contributed by atoms with Gasteiger partial charge in [0.25, 0.3) is 0 Å². The number of ketones is 1. The molecule has 0 spiro atoms. The molecule has 0 aliphatic carbocycles. The summed E-state index contributed by atoms with van der Waals surface area (Å²) < 4.78 is 15.6. The van der Waals surface area contributed by atoms with E-state index >= 15 is 0 Å². The Labute approximate surface area is 173 Å². The standard InChI is InChI=1S/C20H17NO10/c1-10(22)14-4-2-12(6-16(14)24)29-8-11(23)9-30-13-3-5-15-17(7-13)31-20(26)18(19(15)25)21(27)28/h2-7,11,23-25H,8-9H2,1H3. The van der Waals surface area contributed by atoms with Gasteiger partial charge in [-0.05, 0) is 31.2 Å². The number of carbonyl (C=O) groups excluding carboxylic acids is 1. The SMILES string of the molecule is CC(=O)c1ccc(OCC(O)COc2ccc3c(O)c([N+](=O)[O-])c(=O)oc3c2)cc1O. The van der Waals surface area contributed by atoms with Crippen molar-refractivity contribution in [3.63, 3.8) is 0 Å². The molecule has 1 heterocycles. The van der Waals surface area contributed by atoms with Crippen LogP contribution in [0, 0.1) is 10.1 Å². The molecule has 162 valence electrons. The van der Waals surface area contributed by atoms with Gasteiger partial charge in [0, 0.05) is 12.1 Å². The van der Waals surface area contributed by atoms with Crippen molar-refractivity contribution in [1.29, 1.82) is 0 Å². The molecule has 1 unspecified atom stereocenters. The van der Waals surface area contributed by atoms with Gasteiger partial charge < -0.3 is 29.2 Å². The predicted octanol–water partition coefficient (Wildman–Crippen LogP) is 2.13. The number of aromatic hydroxyl groups is 2. The molecule has 1 atom stereocenters. The molecule has 1 aromatic heterocycles. The second-order valence-corrected chi connectivity index (χ2v) is 6.51. The number of phenols is 1. The van der Waals surface area contributed by atoms with Gasteiger partial charge in [-0.15, -0.1) is 0 Å². The minimum atomic E-state index is -1.31. The van der Waals surface area contributed by atoms with Crippen LogP contribution in [0.15, 0.2) is 45.6 Å². The Balaban J connectivity index is 1.63. The number of hydrogen-bond acceptors (Lipinski definition) is 10. The summed E-state index contributed by atoms with van der Waals surface area (Å²) in [7, 11) is 0. The van der Waals surface area contributed by atoms with Crippen LogP contribution >= 0.6 is 0 Å². The lowest BCUT2D eigenvalue weighted by Crippen LogP contribution is -2.25. The summed E-state index contributed by atoms with van der Waals surface area (Å²) in [6, 6.07) is 8.02. The van der Waals surface area contributed by atoms with E-state index in [-0.39, 0.29) is 52.8 Å². The number of aliphatic hydroxyl groups excluding tert-OH is 1. The van der Waals surface area contributed by atoms with Crippen molar-refractivity contribution in [1.82, 2.24) is 0 Å². The van der Waals surface area contributed by atoms with Crippen LogP contribution in [0.25, 0.3) is 11.0 Å². The third-order valence-electron chi connectivity index (χ3n) is 4.24. The van der Waals surface area contributed by atoms with Crippen LogP contribution in [0.3, 0.4) is 0 Å². The molecule has 31 heavy (non-hydrogen) atoms. The van der Waals surface area contributed by atoms with Crippen molar-refractivity contribution in [2.75, 3.05) is 13.2 Å². The highest BCUT2D eigenvalue weighted by Gasteiger charge is 2.24. The molecule has 3 aromatic rings. The number of rotatable bonds is 8. The summed E-state index contributed by atoms with van der Waals surface area (Å²) in [4.78, 5) is 32.8. The second kappa shape index (κ2) is 8.71. The summed E-state index contributed by atoms with van der Waals surface area (Å²) in [6.45, 7) is 0.915. The molecule has 0 radical (unpaired) electrons. The van der Waals surface area contributed by atoms with Crippen molar-refractivity contribution in [2.24, 2.45) is 0 Å². The first-order valence-corrected chi connectivity index (χ1v) is 8.89. The number of phenolic OH excluding ortho intramolecular Hbond substituents is 1. The van der Waals surface area contributed by atoms with Crippen LogP contribution < -0.4 is 15.1 Å². The van der Waals surface area contributed by atoms with Crippen LogP contribution in [0.1, 0.15) is 17.3 Å². The largest absolute Gasteiger partial charge is 0.507 e. The monoisotopic (exact) mass is 431 g/mol. The Bertz CT molecular complexity index is 1220. The molecule has 3 rings (SSSR count). The van der Waals surface area contributed by atoms with E-state index in [0.29, 0.717) is 0 Å². The van der Waals surface area contributed by atoms with Gasteiger partial charge in [-0.1, -0.05) is 0 Å². The third kappa shape index (κ3) is 4.73. The summed E-state index contributed by atoms with van der Waals surface area (Å²) in [5, 5.41) is 40.5. The highest BCUT2D eigenvalue weighted by Crippen LogP contribution is 2.33. The number of aliphatic hydroxyl groups is 1. The van der Waals surface area contributed by atoms with Gasteiger partial charge in [0.05, 0.1) is 15.9 Å². The normalized spacial score (nSPS) is 11.8. The van der Waals surface area contributed by atoms with Gasteiger partial charge in [0.2, 0.25) is 5.75 Å². The van der Waals surface area contributed by atoms with E-state index in [1.165, 1.54) is 43.3 Å². The number of benzene rings is 2. The molecule has 0 amide bonds. The van der Waals surface area contributed by atoms with Gasteiger partial charge in [0.15, 0.2) is 5.78 Å². The van der Waals surface area contributed by atoms with Crippen molar-refractivity contribution >= 4 is 22.4 Å². The topological polar surface area (TPSA) is 170 Å². The Morgan fingerprint density at radius 3 is 2.32 bits per heavy atom. The van der Waals surface area contributed by atoms with Crippen LogP contribution in [0.4, 0.5) is 5.69 Å². The smallest absolute Gasteiger partial charge is 0.419 e. The molecule has 0 saturated carbocycles. The maximum atomic E-state index is 11.7. The molecular formula is C20H17NO10. The number of nitrogens with zero attached hydrogens (tertiary/aromatic N) is 1. The van der Waals surface area contributed by atoms with Gasteiger partial charge >= 0.3 is 11.3 Å². The number of ether oxygens (including phenoxy) is 2. The molecule has 0 bridgehead atoms. The molecule has 3 N–H and O–H groups in total. The first kappa shape index (κ1) is 21.6. The van der Waals surface area contributed by atoms with E-state index in [4.69, 9.17) is 13.9 Å². The van der Waals surface area contributed by atoms with E-state index < -0.39 is 28.1 Å². The van der Waals surface area contributed by atoms with Crippen molar-refractivity contribution in [3.05, 3.63) is 62.5 Å². The molecule has 2 aromatic carbocycles. The Morgan fingerprint density at radius 1 is 1.13 bits per heavy atom. The lowest BCUT2D eigenvalue weighted by molar-refractivity contribution is -0.388. The number of hydrogen-bond donors (Lipinski definition) is 3. The first-order valence-electron chi connectivity index (χ1n) is 8.89. The van der Waals surface area contributed by atoms with Crippen molar-refractivity contribution in [2.45, 2.75) is 13.0 Å². The number of carbonyl (C=O) groups is 1. The molecule has 0 aliphatic heterocycles. The highest BCUT2D eigenvalue weighted by molar-refractivity contribution is 5.96. The Hall–Kier alpha value is -4.12. The van der Waals surface area contributed by atoms with E-state index in [9.17, 15) is 35.0 Å². The van der Waals surface area contributed by atoms with E-state index in [2.05, 4.69) is 0 Å². The van der Waals surface area contributed by atoms with Crippen LogP contribution in [-0.4, -0.2) is 45.3 Å². The summed E-state index contributed by atoms with van der Waals surface area (Å²) in [5.41, 5.74) is -2.34. The molecule has 11 heteroatoms. The van der Waals surface area contributed by atoms with Gasteiger partial charge in [-0.2, -0.15) is 0 Å².